The normalized spacial score (nSPS) is 11.0. The fourth-order valence-electron chi connectivity index (χ4n) is 1.75. The predicted molar refractivity (Wildman–Crippen MR) is 105 cm³/mol. The van der Waals surface area contributed by atoms with Crippen LogP contribution in [0.2, 0.25) is 0 Å². The maximum atomic E-state index is 13.7. The number of guanidine groups is 1. The molecule has 0 fully saturated rings. The van der Waals surface area contributed by atoms with Gasteiger partial charge in [0.1, 0.15) is 5.82 Å². The standard InChI is InChI=1S/C15H17BrFN3S.HI/c1-2-18-15(20-10-13-4-3-7-21-13)19-9-11-8-12(16)5-6-14(11)17;/h3-8H,2,9-10H2,1H3,(H2,18,19,20);1H. The van der Waals surface area contributed by atoms with Crippen molar-refractivity contribution in [2.75, 3.05) is 6.54 Å². The van der Waals surface area contributed by atoms with Crippen LogP contribution >= 0.6 is 51.2 Å². The predicted octanol–water partition coefficient (Wildman–Crippen LogP) is 4.52. The molecule has 0 saturated carbocycles. The average Bonchev–Trinajstić information content (AvgIpc) is 2.98. The second-order valence-corrected chi connectivity index (χ2v) is 6.31. The molecule has 2 aromatic rings. The number of halogens is 3. The fraction of sp³-hybridized carbons (Fsp3) is 0.267. The van der Waals surface area contributed by atoms with Crippen LogP contribution in [0.15, 0.2) is 45.2 Å². The smallest absolute Gasteiger partial charge is 0.191 e. The molecule has 0 saturated heterocycles. The van der Waals surface area contributed by atoms with Crippen LogP contribution in [0.4, 0.5) is 4.39 Å². The number of hydrogen-bond donors (Lipinski definition) is 2. The molecular weight excluding hydrogens is 480 g/mol. The van der Waals surface area contributed by atoms with Crippen molar-refractivity contribution in [1.82, 2.24) is 10.6 Å². The maximum absolute atomic E-state index is 13.7. The highest BCUT2D eigenvalue weighted by Gasteiger charge is 2.04. The third-order valence-electron chi connectivity index (χ3n) is 2.77. The highest BCUT2D eigenvalue weighted by Crippen LogP contribution is 2.16. The van der Waals surface area contributed by atoms with Crippen LogP contribution in [-0.2, 0) is 13.1 Å². The first kappa shape index (κ1) is 19.4. The molecule has 0 amide bonds. The van der Waals surface area contributed by atoms with Gasteiger partial charge in [0.2, 0.25) is 0 Å². The first-order chi connectivity index (χ1) is 10.2. The minimum Gasteiger partial charge on any atom is -0.357 e. The molecule has 0 aliphatic carbocycles. The Balaban J connectivity index is 0.00000242. The molecule has 0 unspecified atom stereocenters. The van der Waals surface area contributed by atoms with E-state index in [-0.39, 0.29) is 29.8 Å². The minimum atomic E-state index is -0.240. The Kier molecular flexibility index (Phi) is 8.96. The van der Waals surface area contributed by atoms with E-state index >= 15 is 0 Å². The molecule has 0 aliphatic heterocycles. The van der Waals surface area contributed by atoms with Gasteiger partial charge >= 0.3 is 0 Å². The van der Waals surface area contributed by atoms with Gasteiger partial charge in [0.05, 0.1) is 13.1 Å². The summed E-state index contributed by atoms with van der Waals surface area (Å²) in [6.07, 6.45) is 0. The van der Waals surface area contributed by atoms with Crippen LogP contribution in [-0.4, -0.2) is 12.5 Å². The molecule has 1 heterocycles. The average molecular weight is 498 g/mol. The lowest BCUT2D eigenvalue weighted by Crippen LogP contribution is -2.36. The Bertz CT molecular complexity index is 605. The highest BCUT2D eigenvalue weighted by atomic mass is 127. The summed E-state index contributed by atoms with van der Waals surface area (Å²) in [6, 6.07) is 8.96. The molecule has 0 radical (unpaired) electrons. The molecule has 0 aliphatic rings. The molecule has 0 spiro atoms. The number of benzene rings is 1. The third kappa shape index (κ3) is 6.21. The van der Waals surface area contributed by atoms with Crippen LogP contribution < -0.4 is 10.6 Å². The quantitative estimate of drug-likeness (QED) is 0.362. The summed E-state index contributed by atoms with van der Waals surface area (Å²) in [5.41, 5.74) is 0.567. The Labute approximate surface area is 159 Å². The molecular formula is C15H18BrFIN3S. The van der Waals surface area contributed by atoms with Crippen LogP contribution in [0.3, 0.4) is 0 Å². The molecule has 0 atom stereocenters. The number of aliphatic imine (C=N–C) groups is 1. The highest BCUT2D eigenvalue weighted by molar-refractivity contribution is 14.0. The third-order valence-corrected chi connectivity index (χ3v) is 4.14. The van der Waals surface area contributed by atoms with Gasteiger partial charge in [-0.15, -0.1) is 35.3 Å². The maximum Gasteiger partial charge on any atom is 0.191 e. The van der Waals surface area contributed by atoms with Gasteiger partial charge in [-0.05, 0) is 36.6 Å². The zero-order valence-electron chi connectivity index (χ0n) is 12.1. The van der Waals surface area contributed by atoms with Crippen LogP contribution in [0.25, 0.3) is 0 Å². The molecule has 2 rings (SSSR count). The van der Waals surface area contributed by atoms with E-state index in [1.54, 1.807) is 23.5 Å². The van der Waals surface area contributed by atoms with E-state index in [0.29, 0.717) is 24.6 Å². The summed E-state index contributed by atoms with van der Waals surface area (Å²) in [5, 5.41) is 8.44. The number of hydrogen-bond acceptors (Lipinski definition) is 2. The molecule has 120 valence electrons. The van der Waals surface area contributed by atoms with Crippen molar-refractivity contribution in [2.24, 2.45) is 4.99 Å². The molecule has 0 bridgehead atoms. The van der Waals surface area contributed by atoms with E-state index in [4.69, 9.17) is 0 Å². The van der Waals surface area contributed by atoms with Gasteiger partial charge in [0, 0.05) is 21.5 Å². The molecule has 1 aromatic heterocycles. The SMILES string of the molecule is CCNC(=NCc1cc(Br)ccc1F)NCc1cccs1.I. The lowest BCUT2D eigenvalue weighted by molar-refractivity contribution is 0.610. The number of thiophene rings is 1. The van der Waals surface area contributed by atoms with Gasteiger partial charge < -0.3 is 10.6 Å². The van der Waals surface area contributed by atoms with E-state index in [1.807, 2.05) is 18.4 Å². The summed E-state index contributed by atoms with van der Waals surface area (Å²) < 4.78 is 14.5. The monoisotopic (exact) mass is 497 g/mol. The van der Waals surface area contributed by atoms with Crippen LogP contribution in [0, 0.1) is 5.82 Å². The summed E-state index contributed by atoms with van der Waals surface area (Å²) in [7, 11) is 0. The number of nitrogens with one attached hydrogen (secondary N) is 2. The van der Waals surface area contributed by atoms with Crippen molar-refractivity contribution >= 4 is 57.2 Å². The number of rotatable bonds is 5. The summed E-state index contributed by atoms with van der Waals surface area (Å²) in [5.74, 6) is 0.446. The van der Waals surface area contributed by atoms with E-state index in [0.717, 1.165) is 11.0 Å². The molecule has 2 N–H and O–H groups in total. The zero-order chi connectivity index (χ0) is 15.1. The van der Waals surface area contributed by atoms with Gasteiger partial charge in [-0.1, -0.05) is 22.0 Å². The fourth-order valence-corrected chi connectivity index (χ4v) is 2.81. The van der Waals surface area contributed by atoms with E-state index < -0.39 is 0 Å². The zero-order valence-corrected chi connectivity index (χ0v) is 16.8. The second-order valence-electron chi connectivity index (χ2n) is 4.36. The van der Waals surface area contributed by atoms with Gasteiger partial charge in [0.15, 0.2) is 5.96 Å². The largest absolute Gasteiger partial charge is 0.357 e. The van der Waals surface area contributed by atoms with Gasteiger partial charge in [0.25, 0.3) is 0 Å². The molecule has 1 aromatic carbocycles. The first-order valence-corrected chi connectivity index (χ1v) is 8.34. The van der Waals surface area contributed by atoms with Crippen molar-refractivity contribution < 1.29 is 4.39 Å². The molecule has 22 heavy (non-hydrogen) atoms. The molecule has 7 heteroatoms. The van der Waals surface area contributed by atoms with Crippen molar-refractivity contribution in [3.8, 4) is 0 Å². The van der Waals surface area contributed by atoms with Crippen molar-refractivity contribution in [3.63, 3.8) is 0 Å². The van der Waals surface area contributed by atoms with E-state index in [1.165, 1.54) is 10.9 Å². The lowest BCUT2D eigenvalue weighted by atomic mass is 10.2. The van der Waals surface area contributed by atoms with Crippen molar-refractivity contribution in [2.45, 2.75) is 20.0 Å². The van der Waals surface area contributed by atoms with E-state index in [9.17, 15) is 4.39 Å². The van der Waals surface area contributed by atoms with Gasteiger partial charge in [-0.25, -0.2) is 9.38 Å². The lowest BCUT2D eigenvalue weighted by Gasteiger charge is -2.10. The van der Waals surface area contributed by atoms with Gasteiger partial charge in [-0.2, -0.15) is 0 Å². The summed E-state index contributed by atoms with van der Waals surface area (Å²) >= 11 is 5.04. The van der Waals surface area contributed by atoms with Crippen LogP contribution in [0.5, 0.6) is 0 Å². The van der Waals surface area contributed by atoms with Crippen LogP contribution in [0.1, 0.15) is 17.4 Å². The Hall–Kier alpha value is -0.670. The minimum absolute atomic E-state index is 0. The Morgan fingerprint density at radius 3 is 2.82 bits per heavy atom. The second kappa shape index (κ2) is 10.2. The Morgan fingerprint density at radius 2 is 2.14 bits per heavy atom. The van der Waals surface area contributed by atoms with E-state index in [2.05, 4.69) is 37.6 Å². The topological polar surface area (TPSA) is 36.4 Å². The van der Waals surface area contributed by atoms with Gasteiger partial charge in [-0.3, -0.25) is 0 Å². The Morgan fingerprint density at radius 1 is 1.32 bits per heavy atom. The first-order valence-electron chi connectivity index (χ1n) is 6.67. The van der Waals surface area contributed by atoms with Crippen molar-refractivity contribution in [3.05, 3.63) is 56.4 Å². The summed E-state index contributed by atoms with van der Waals surface area (Å²) in [6.45, 7) is 3.77. The van der Waals surface area contributed by atoms with Crippen molar-refractivity contribution in [1.29, 1.82) is 0 Å². The number of nitrogens with zero attached hydrogens (tertiary/aromatic N) is 1. The molecule has 3 nitrogen and oxygen atoms in total. The summed E-state index contributed by atoms with van der Waals surface area (Å²) in [4.78, 5) is 5.65.